The molecule has 0 saturated carbocycles. The van der Waals surface area contributed by atoms with E-state index in [-0.39, 0.29) is 17.9 Å². The van der Waals surface area contributed by atoms with Crippen LogP contribution in [0, 0.1) is 6.92 Å². The molecule has 186 valence electrons. The second kappa shape index (κ2) is 10.5. The molecule has 0 N–H and O–H groups in total. The molecule has 2 amide bonds. The Bertz CT molecular complexity index is 1240. The number of hydrogen-bond acceptors (Lipinski definition) is 4. The summed E-state index contributed by atoms with van der Waals surface area (Å²) in [6.07, 6.45) is 0.155. The summed E-state index contributed by atoms with van der Waals surface area (Å²) in [7, 11) is 0. The lowest BCUT2D eigenvalue weighted by molar-refractivity contribution is -0.142. The summed E-state index contributed by atoms with van der Waals surface area (Å²) in [5.41, 5.74) is 5.12. The molecular weight excluding hydrogens is 452 g/mol. The third kappa shape index (κ3) is 5.00. The standard InChI is InChI=1S/C30H32N2O4/c1-21-7-6-10-25(19-21)28-27-20-26(36-22(2)29(33)31-15-17-35-18-16-31)12-11-23(27)13-14-32(28)30(34)24-8-4-3-5-9-24/h3-12,19-20,22,28H,13-18H2,1-2H3/t22-,28+/m0/s1. The number of fused-ring (bicyclic) bond motifs is 1. The maximum Gasteiger partial charge on any atom is 0.263 e. The maximum absolute atomic E-state index is 13.6. The minimum Gasteiger partial charge on any atom is -0.481 e. The fourth-order valence-corrected chi connectivity index (χ4v) is 5.13. The fraction of sp³-hybridized carbons (Fsp3) is 0.333. The van der Waals surface area contributed by atoms with Crippen LogP contribution in [0.2, 0.25) is 0 Å². The first-order valence-corrected chi connectivity index (χ1v) is 12.6. The van der Waals surface area contributed by atoms with Crippen LogP contribution in [0.1, 0.15) is 45.6 Å². The molecule has 2 heterocycles. The van der Waals surface area contributed by atoms with Crippen molar-refractivity contribution in [3.63, 3.8) is 0 Å². The number of amides is 2. The smallest absolute Gasteiger partial charge is 0.263 e. The highest BCUT2D eigenvalue weighted by atomic mass is 16.5. The topological polar surface area (TPSA) is 59.1 Å². The Morgan fingerprint density at radius 3 is 2.47 bits per heavy atom. The number of aryl methyl sites for hydroxylation is 1. The molecule has 5 rings (SSSR count). The predicted octanol–water partition coefficient (Wildman–Crippen LogP) is 4.41. The third-order valence-corrected chi connectivity index (χ3v) is 6.97. The van der Waals surface area contributed by atoms with E-state index in [2.05, 4.69) is 31.2 Å². The highest BCUT2D eigenvalue weighted by Gasteiger charge is 2.33. The molecular formula is C30H32N2O4. The number of carbonyl (C=O) groups excluding carboxylic acids is 2. The van der Waals surface area contributed by atoms with E-state index >= 15 is 0 Å². The van der Waals surface area contributed by atoms with Gasteiger partial charge in [-0.2, -0.15) is 0 Å². The van der Waals surface area contributed by atoms with Gasteiger partial charge in [-0.15, -0.1) is 0 Å². The van der Waals surface area contributed by atoms with Gasteiger partial charge in [-0.1, -0.05) is 54.1 Å². The van der Waals surface area contributed by atoms with Crippen molar-refractivity contribution in [3.05, 3.63) is 101 Å². The van der Waals surface area contributed by atoms with Crippen LogP contribution in [0.3, 0.4) is 0 Å². The van der Waals surface area contributed by atoms with Crippen molar-refractivity contribution in [2.75, 3.05) is 32.8 Å². The molecule has 0 radical (unpaired) electrons. The Labute approximate surface area is 212 Å². The Morgan fingerprint density at radius 2 is 1.72 bits per heavy atom. The normalized spacial score (nSPS) is 18.3. The largest absolute Gasteiger partial charge is 0.481 e. The summed E-state index contributed by atoms with van der Waals surface area (Å²) >= 11 is 0. The van der Waals surface area contributed by atoms with E-state index in [1.54, 1.807) is 11.8 Å². The van der Waals surface area contributed by atoms with Crippen molar-refractivity contribution in [2.45, 2.75) is 32.4 Å². The average Bonchev–Trinajstić information content (AvgIpc) is 2.92. The monoisotopic (exact) mass is 484 g/mol. The molecule has 36 heavy (non-hydrogen) atoms. The number of nitrogens with zero attached hydrogens (tertiary/aromatic N) is 2. The SMILES string of the molecule is Cc1cccc([C@@H]2c3cc(O[C@@H](C)C(=O)N4CCOCC4)ccc3CCN2C(=O)c2ccccc2)c1. The third-order valence-electron chi connectivity index (χ3n) is 6.97. The number of hydrogen-bond donors (Lipinski definition) is 0. The minimum absolute atomic E-state index is 0.00920. The molecule has 0 unspecified atom stereocenters. The minimum atomic E-state index is -0.607. The van der Waals surface area contributed by atoms with Gasteiger partial charge in [0.1, 0.15) is 5.75 Å². The summed E-state index contributed by atoms with van der Waals surface area (Å²) in [4.78, 5) is 30.3. The van der Waals surface area contributed by atoms with Gasteiger partial charge >= 0.3 is 0 Å². The van der Waals surface area contributed by atoms with Gasteiger partial charge in [0.15, 0.2) is 6.10 Å². The Kier molecular flexibility index (Phi) is 7.05. The van der Waals surface area contributed by atoms with E-state index in [9.17, 15) is 9.59 Å². The first kappa shape index (κ1) is 24.1. The van der Waals surface area contributed by atoms with Crippen LogP contribution < -0.4 is 4.74 Å². The van der Waals surface area contributed by atoms with Gasteiger partial charge < -0.3 is 19.3 Å². The Morgan fingerprint density at radius 1 is 0.944 bits per heavy atom. The van der Waals surface area contributed by atoms with Gasteiger partial charge in [-0.3, -0.25) is 9.59 Å². The highest BCUT2D eigenvalue weighted by molar-refractivity contribution is 5.95. The van der Waals surface area contributed by atoms with E-state index in [1.807, 2.05) is 53.4 Å². The second-order valence-corrected chi connectivity index (χ2v) is 9.49. The lowest BCUT2D eigenvalue weighted by Gasteiger charge is -2.38. The summed E-state index contributed by atoms with van der Waals surface area (Å²) in [6, 6.07) is 23.5. The molecule has 0 spiro atoms. The number of rotatable bonds is 5. The van der Waals surface area contributed by atoms with Crippen molar-refractivity contribution < 1.29 is 19.1 Å². The van der Waals surface area contributed by atoms with Gasteiger partial charge in [0.05, 0.1) is 19.3 Å². The van der Waals surface area contributed by atoms with Crippen LogP contribution in [0.15, 0.2) is 72.8 Å². The molecule has 3 aromatic carbocycles. The zero-order valence-electron chi connectivity index (χ0n) is 20.9. The number of carbonyl (C=O) groups is 2. The van der Waals surface area contributed by atoms with Gasteiger partial charge in [0.25, 0.3) is 11.8 Å². The number of ether oxygens (including phenoxy) is 2. The van der Waals surface area contributed by atoms with E-state index in [4.69, 9.17) is 9.47 Å². The molecule has 0 bridgehead atoms. The predicted molar refractivity (Wildman–Crippen MR) is 138 cm³/mol. The molecule has 3 aromatic rings. The molecule has 2 aliphatic heterocycles. The van der Waals surface area contributed by atoms with Crippen molar-refractivity contribution in [2.24, 2.45) is 0 Å². The molecule has 6 heteroatoms. The van der Waals surface area contributed by atoms with Crippen LogP contribution in [0.4, 0.5) is 0 Å². The van der Waals surface area contributed by atoms with Crippen molar-refractivity contribution in [1.29, 1.82) is 0 Å². The van der Waals surface area contributed by atoms with E-state index in [0.717, 1.165) is 23.1 Å². The quantitative estimate of drug-likeness (QED) is 0.538. The molecule has 1 saturated heterocycles. The van der Waals surface area contributed by atoms with E-state index in [0.29, 0.717) is 44.2 Å². The van der Waals surface area contributed by atoms with Crippen LogP contribution in [-0.2, 0) is 16.0 Å². The number of benzene rings is 3. The molecule has 1 fully saturated rings. The molecule has 0 aliphatic carbocycles. The van der Waals surface area contributed by atoms with Crippen LogP contribution in [0.25, 0.3) is 0 Å². The molecule has 0 aromatic heterocycles. The van der Waals surface area contributed by atoms with Gasteiger partial charge in [0, 0.05) is 25.2 Å². The van der Waals surface area contributed by atoms with Crippen LogP contribution in [-0.4, -0.2) is 60.6 Å². The lowest BCUT2D eigenvalue weighted by Crippen LogP contribution is -2.46. The summed E-state index contributed by atoms with van der Waals surface area (Å²) in [5.74, 6) is 0.608. The van der Waals surface area contributed by atoms with Gasteiger partial charge in [0.2, 0.25) is 0 Å². The average molecular weight is 485 g/mol. The van der Waals surface area contributed by atoms with Gasteiger partial charge in [-0.25, -0.2) is 0 Å². The fourth-order valence-electron chi connectivity index (χ4n) is 5.13. The summed E-state index contributed by atoms with van der Waals surface area (Å²) in [6.45, 7) is 6.77. The Hall–Kier alpha value is -3.64. The molecule has 6 nitrogen and oxygen atoms in total. The van der Waals surface area contributed by atoms with E-state index in [1.165, 1.54) is 5.56 Å². The van der Waals surface area contributed by atoms with Crippen molar-refractivity contribution in [1.82, 2.24) is 9.80 Å². The summed E-state index contributed by atoms with van der Waals surface area (Å²) < 4.78 is 11.5. The van der Waals surface area contributed by atoms with Gasteiger partial charge in [-0.05, 0) is 61.2 Å². The zero-order chi connectivity index (χ0) is 25.1. The van der Waals surface area contributed by atoms with Crippen molar-refractivity contribution in [3.8, 4) is 5.75 Å². The van der Waals surface area contributed by atoms with Crippen LogP contribution >= 0.6 is 0 Å². The number of morpholine rings is 1. The first-order chi connectivity index (χ1) is 17.5. The summed E-state index contributed by atoms with van der Waals surface area (Å²) in [5, 5.41) is 0. The maximum atomic E-state index is 13.6. The highest BCUT2D eigenvalue weighted by Crippen LogP contribution is 2.38. The van der Waals surface area contributed by atoms with Crippen LogP contribution in [0.5, 0.6) is 5.75 Å². The molecule has 2 atom stereocenters. The molecule has 2 aliphatic rings. The zero-order valence-corrected chi connectivity index (χ0v) is 20.9. The van der Waals surface area contributed by atoms with Crippen molar-refractivity contribution >= 4 is 11.8 Å². The second-order valence-electron chi connectivity index (χ2n) is 9.49. The van der Waals surface area contributed by atoms with E-state index < -0.39 is 6.10 Å². The first-order valence-electron chi connectivity index (χ1n) is 12.6. The lowest BCUT2D eigenvalue weighted by atomic mass is 9.87. The Balaban J connectivity index is 1.47.